The number of esters is 1. The zero-order chi connectivity index (χ0) is 20.1. The van der Waals surface area contributed by atoms with Gasteiger partial charge in [0.1, 0.15) is 6.61 Å². The van der Waals surface area contributed by atoms with E-state index in [1.54, 1.807) is 0 Å². The Balaban J connectivity index is 1.92. The number of nitrogens with zero attached hydrogens (tertiary/aromatic N) is 1. The molecule has 0 spiro atoms. The first-order chi connectivity index (χ1) is 13.4. The average molecular weight is 387 g/mol. The average Bonchev–Trinajstić information content (AvgIpc) is 2.71. The van der Waals surface area contributed by atoms with Crippen molar-refractivity contribution in [3.05, 3.63) is 83.4 Å². The van der Waals surface area contributed by atoms with Gasteiger partial charge >= 0.3 is 12.1 Å². The standard InChI is InChI=1S/C21H16F3NO3/c1-27-20(26)16-11-18(15-7-9-17(10-8-15)21(22,23)24)25-19(12-16)28-13-14-5-3-2-4-6-14/h2-12H,13H2,1H3. The number of carbonyl (C=O) groups excluding carboxylic acids is 1. The molecule has 0 unspecified atom stereocenters. The van der Waals surface area contributed by atoms with Gasteiger partial charge in [-0.2, -0.15) is 13.2 Å². The van der Waals surface area contributed by atoms with Crippen molar-refractivity contribution in [3.8, 4) is 17.1 Å². The number of rotatable bonds is 5. The maximum absolute atomic E-state index is 12.8. The second-order valence-corrected chi connectivity index (χ2v) is 5.92. The zero-order valence-electron chi connectivity index (χ0n) is 14.9. The first-order valence-electron chi connectivity index (χ1n) is 8.31. The van der Waals surface area contributed by atoms with Gasteiger partial charge in [0.2, 0.25) is 5.88 Å². The minimum Gasteiger partial charge on any atom is -0.473 e. The molecule has 0 aliphatic heterocycles. The van der Waals surface area contributed by atoms with Crippen LogP contribution in [0.5, 0.6) is 5.88 Å². The van der Waals surface area contributed by atoms with Crippen molar-refractivity contribution in [2.45, 2.75) is 12.8 Å². The van der Waals surface area contributed by atoms with Crippen LogP contribution in [-0.2, 0) is 17.5 Å². The Morgan fingerprint density at radius 3 is 2.29 bits per heavy atom. The molecule has 0 aliphatic carbocycles. The van der Waals surface area contributed by atoms with Crippen LogP contribution in [0, 0.1) is 0 Å². The number of ether oxygens (including phenoxy) is 2. The van der Waals surface area contributed by atoms with Crippen molar-refractivity contribution < 1.29 is 27.4 Å². The molecule has 0 radical (unpaired) electrons. The predicted molar refractivity (Wildman–Crippen MR) is 96.8 cm³/mol. The number of alkyl halides is 3. The molecular formula is C21H16F3NO3. The molecule has 3 aromatic rings. The summed E-state index contributed by atoms with van der Waals surface area (Å²) in [5.41, 5.74) is 1.06. The van der Waals surface area contributed by atoms with E-state index in [0.29, 0.717) is 11.3 Å². The van der Waals surface area contributed by atoms with Crippen molar-refractivity contribution in [2.24, 2.45) is 0 Å². The molecule has 0 bridgehead atoms. The van der Waals surface area contributed by atoms with Crippen LogP contribution in [0.4, 0.5) is 13.2 Å². The summed E-state index contributed by atoms with van der Waals surface area (Å²) in [4.78, 5) is 16.3. The third-order valence-corrected chi connectivity index (χ3v) is 3.96. The van der Waals surface area contributed by atoms with E-state index in [2.05, 4.69) is 4.98 Å². The van der Waals surface area contributed by atoms with Crippen molar-refractivity contribution in [1.82, 2.24) is 4.98 Å². The molecular weight excluding hydrogens is 371 g/mol. The van der Waals surface area contributed by atoms with Crippen LogP contribution in [0.25, 0.3) is 11.3 Å². The molecule has 0 saturated carbocycles. The maximum atomic E-state index is 12.8. The van der Waals surface area contributed by atoms with Crippen LogP contribution < -0.4 is 4.74 Å². The molecule has 0 amide bonds. The Kier molecular flexibility index (Phi) is 5.63. The summed E-state index contributed by atoms with van der Waals surface area (Å²) in [6.07, 6.45) is -4.43. The molecule has 144 valence electrons. The van der Waals surface area contributed by atoms with E-state index in [4.69, 9.17) is 9.47 Å². The number of carbonyl (C=O) groups is 1. The Morgan fingerprint density at radius 1 is 1.00 bits per heavy atom. The first kappa shape index (κ1) is 19.4. The Hall–Kier alpha value is -3.35. The van der Waals surface area contributed by atoms with Gasteiger partial charge in [0.25, 0.3) is 0 Å². The van der Waals surface area contributed by atoms with Gasteiger partial charge in [-0.05, 0) is 23.8 Å². The summed E-state index contributed by atoms with van der Waals surface area (Å²) in [6.45, 7) is 0.227. The number of methoxy groups -OCH3 is 1. The largest absolute Gasteiger partial charge is 0.473 e. The highest BCUT2D eigenvalue weighted by atomic mass is 19.4. The number of halogens is 3. The molecule has 1 aromatic heterocycles. The minimum absolute atomic E-state index is 0.168. The number of benzene rings is 2. The van der Waals surface area contributed by atoms with Gasteiger partial charge in [0.05, 0.1) is 23.9 Å². The van der Waals surface area contributed by atoms with Crippen LogP contribution in [0.2, 0.25) is 0 Å². The molecule has 2 aromatic carbocycles. The van der Waals surface area contributed by atoms with Gasteiger partial charge in [-0.3, -0.25) is 0 Å². The lowest BCUT2D eigenvalue weighted by molar-refractivity contribution is -0.137. The third-order valence-electron chi connectivity index (χ3n) is 3.96. The van der Waals surface area contributed by atoms with E-state index >= 15 is 0 Å². The maximum Gasteiger partial charge on any atom is 0.416 e. The molecule has 0 fully saturated rings. The molecule has 1 heterocycles. The Morgan fingerprint density at radius 2 is 1.68 bits per heavy atom. The quantitative estimate of drug-likeness (QED) is 0.569. The van der Waals surface area contributed by atoms with E-state index < -0.39 is 17.7 Å². The number of aromatic nitrogens is 1. The highest BCUT2D eigenvalue weighted by molar-refractivity contribution is 5.91. The normalized spacial score (nSPS) is 11.1. The zero-order valence-corrected chi connectivity index (χ0v) is 14.9. The Labute approximate surface area is 159 Å². The number of pyridine rings is 1. The lowest BCUT2D eigenvalue weighted by Gasteiger charge is -2.11. The first-order valence-corrected chi connectivity index (χ1v) is 8.31. The van der Waals surface area contributed by atoms with Crippen LogP contribution >= 0.6 is 0 Å². The van der Waals surface area contributed by atoms with Crippen LogP contribution in [-0.4, -0.2) is 18.1 Å². The topological polar surface area (TPSA) is 48.4 Å². The minimum atomic E-state index is -4.43. The summed E-state index contributed by atoms with van der Waals surface area (Å²) in [7, 11) is 1.24. The van der Waals surface area contributed by atoms with Gasteiger partial charge in [-0.25, -0.2) is 9.78 Å². The Bertz CT molecular complexity index is 955. The van der Waals surface area contributed by atoms with Crippen molar-refractivity contribution >= 4 is 5.97 Å². The summed E-state index contributed by atoms with van der Waals surface area (Å²) >= 11 is 0. The second-order valence-electron chi connectivity index (χ2n) is 5.92. The molecule has 7 heteroatoms. The summed E-state index contributed by atoms with van der Waals surface area (Å²) < 4.78 is 48.7. The molecule has 0 atom stereocenters. The van der Waals surface area contributed by atoms with Gasteiger partial charge in [-0.15, -0.1) is 0 Å². The number of hydrogen-bond donors (Lipinski definition) is 0. The summed E-state index contributed by atoms with van der Waals surface area (Å²) in [5.74, 6) is -0.429. The molecule has 3 rings (SSSR count). The highest BCUT2D eigenvalue weighted by Crippen LogP contribution is 2.31. The second kappa shape index (κ2) is 8.12. The van der Waals surface area contributed by atoms with E-state index in [1.165, 1.54) is 31.4 Å². The van der Waals surface area contributed by atoms with Crippen LogP contribution in [0.3, 0.4) is 0 Å². The van der Waals surface area contributed by atoms with E-state index in [1.807, 2.05) is 30.3 Å². The van der Waals surface area contributed by atoms with E-state index in [-0.39, 0.29) is 18.1 Å². The van der Waals surface area contributed by atoms with Gasteiger partial charge in [0, 0.05) is 11.6 Å². The summed E-state index contributed by atoms with van der Waals surface area (Å²) in [6, 6.07) is 16.8. The fourth-order valence-electron chi connectivity index (χ4n) is 2.52. The lowest BCUT2D eigenvalue weighted by Crippen LogP contribution is -2.06. The van der Waals surface area contributed by atoms with Gasteiger partial charge in [-0.1, -0.05) is 42.5 Å². The molecule has 0 N–H and O–H groups in total. The number of hydrogen-bond acceptors (Lipinski definition) is 4. The van der Waals surface area contributed by atoms with Crippen LogP contribution in [0.1, 0.15) is 21.5 Å². The third kappa shape index (κ3) is 4.68. The van der Waals surface area contributed by atoms with Crippen molar-refractivity contribution in [2.75, 3.05) is 7.11 Å². The highest BCUT2D eigenvalue weighted by Gasteiger charge is 2.30. The summed E-state index contributed by atoms with van der Waals surface area (Å²) in [5, 5.41) is 0. The monoisotopic (exact) mass is 387 g/mol. The molecule has 0 aliphatic rings. The SMILES string of the molecule is COC(=O)c1cc(OCc2ccccc2)nc(-c2ccc(C(F)(F)F)cc2)c1. The molecule has 28 heavy (non-hydrogen) atoms. The molecule has 0 saturated heterocycles. The smallest absolute Gasteiger partial charge is 0.416 e. The van der Waals surface area contributed by atoms with Crippen LogP contribution in [0.15, 0.2) is 66.7 Å². The van der Waals surface area contributed by atoms with E-state index in [0.717, 1.165) is 17.7 Å². The van der Waals surface area contributed by atoms with E-state index in [9.17, 15) is 18.0 Å². The fraction of sp³-hybridized carbons (Fsp3) is 0.143. The lowest BCUT2D eigenvalue weighted by atomic mass is 10.1. The van der Waals surface area contributed by atoms with Crippen molar-refractivity contribution in [3.63, 3.8) is 0 Å². The predicted octanol–water partition coefficient (Wildman–Crippen LogP) is 5.13. The molecule has 4 nitrogen and oxygen atoms in total. The van der Waals surface area contributed by atoms with Crippen molar-refractivity contribution in [1.29, 1.82) is 0 Å². The fourth-order valence-corrected chi connectivity index (χ4v) is 2.52. The van der Waals surface area contributed by atoms with Gasteiger partial charge in [0.15, 0.2) is 0 Å². The van der Waals surface area contributed by atoms with Gasteiger partial charge < -0.3 is 9.47 Å².